The van der Waals surface area contributed by atoms with Crippen molar-refractivity contribution in [2.24, 2.45) is 5.84 Å². The maximum atomic E-state index is 5.78. The molecule has 0 spiro atoms. The highest BCUT2D eigenvalue weighted by atomic mass is 16.5. The van der Waals surface area contributed by atoms with E-state index in [4.69, 9.17) is 10.6 Å². The van der Waals surface area contributed by atoms with Gasteiger partial charge in [-0.25, -0.2) is 5.43 Å². The number of ether oxygens (including phenoxy) is 1. The summed E-state index contributed by atoms with van der Waals surface area (Å²) in [6.07, 6.45) is 2.73. The Bertz CT molecular complexity index is 584. The molecule has 106 valence electrons. The van der Waals surface area contributed by atoms with E-state index >= 15 is 0 Å². The van der Waals surface area contributed by atoms with Gasteiger partial charge < -0.3 is 4.74 Å². The first-order valence-corrected chi connectivity index (χ1v) is 6.75. The van der Waals surface area contributed by atoms with Gasteiger partial charge in [0.2, 0.25) is 0 Å². The van der Waals surface area contributed by atoms with E-state index in [0.717, 1.165) is 29.0 Å². The van der Waals surface area contributed by atoms with Crippen LogP contribution in [0.4, 0.5) is 0 Å². The molecule has 0 radical (unpaired) electrons. The second kappa shape index (κ2) is 6.50. The van der Waals surface area contributed by atoms with E-state index in [1.54, 1.807) is 13.3 Å². The van der Waals surface area contributed by atoms with Gasteiger partial charge in [-0.2, -0.15) is 0 Å². The fourth-order valence-electron chi connectivity index (χ4n) is 2.42. The van der Waals surface area contributed by atoms with Gasteiger partial charge in [0, 0.05) is 6.20 Å². The molecule has 0 aliphatic heterocycles. The van der Waals surface area contributed by atoms with E-state index in [9.17, 15) is 0 Å². The maximum Gasteiger partial charge on any atom is 0.119 e. The summed E-state index contributed by atoms with van der Waals surface area (Å²) in [4.78, 5) is 4.51. The molecule has 4 nitrogen and oxygen atoms in total. The topological polar surface area (TPSA) is 60.2 Å². The summed E-state index contributed by atoms with van der Waals surface area (Å²) in [5, 5.41) is 0. The molecule has 0 amide bonds. The zero-order chi connectivity index (χ0) is 14.5. The summed E-state index contributed by atoms with van der Waals surface area (Å²) in [6, 6.07) is 9.92. The standard InChI is InChI=1S/C16H21N3O/c1-4-12-6-5-9-18-15(12)16(19-17)14-8-7-13(20-3)10-11(14)2/h5-10,16,19H,4,17H2,1-3H3. The molecule has 1 heterocycles. The van der Waals surface area contributed by atoms with Crippen LogP contribution in [0.3, 0.4) is 0 Å². The Labute approximate surface area is 120 Å². The van der Waals surface area contributed by atoms with Crippen molar-refractivity contribution in [3.8, 4) is 5.75 Å². The van der Waals surface area contributed by atoms with Crippen LogP contribution in [0.1, 0.15) is 35.3 Å². The van der Waals surface area contributed by atoms with Crippen LogP contribution in [0, 0.1) is 6.92 Å². The second-order valence-corrected chi connectivity index (χ2v) is 4.72. The Morgan fingerprint density at radius 3 is 2.75 bits per heavy atom. The number of hydrogen-bond acceptors (Lipinski definition) is 4. The molecular weight excluding hydrogens is 250 g/mol. The Balaban J connectivity index is 2.47. The lowest BCUT2D eigenvalue weighted by Crippen LogP contribution is -2.30. The van der Waals surface area contributed by atoms with Crippen LogP contribution in [-0.4, -0.2) is 12.1 Å². The number of nitrogens with one attached hydrogen (secondary N) is 1. The normalized spacial score (nSPS) is 12.2. The summed E-state index contributed by atoms with van der Waals surface area (Å²) in [5.74, 6) is 6.62. The lowest BCUT2D eigenvalue weighted by Gasteiger charge is -2.21. The molecule has 2 aromatic rings. The van der Waals surface area contributed by atoms with Gasteiger partial charge in [0.1, 0.15) is 5.75 Å². The van der Waals surface area contributed by atoms with E-state index < -0.39 is 0 Å². The van der Waals surface area contributed by atoms with Crippen LogP contribution in [0.15, 0.2) is 36.5 Å². The first kappa shape index (κ1) is 14.5. The molecule has 0 aliphatic carbocycles. The van der Waals surface area contributed by atoms with Crippen LogP contribution >= 0.6 is 0 Å². The van der Waals surface area contributed by atoms with Gasteiger partial charge in [-0.15, -0.1) is 0 Å². The number of nitrogens with two attached hydrogens (primary N) is 1. The number of methoxy groups -OCH3 is 1. The smallest absolute Gasteiger partial charge is 0.119 e. The molecule has 0 saturated heterocycles. The summed E-state index contributed by atoms with van der Waals surface area (Å²) < 4.78 is 5.25. The third-order valence-electron chi connectivity index (χ3n) is 3.54. The molecule has 0 aliphatic rings. The van der Waals surface area contributed by atoms with E-state index in [0.29, 0.717) is 0 Å². The largest absolute Gasteiger partial charge is 0.497 e. The van der Waals surface area contributed by atoms with E-state index in [2.05, 4.69) is 30.3 Å². The van der Waals surface area contributed by atoms with E-state index in [-0.39, 0.29) is 6.04 Å². The number of aromatic nitrogens is 1. The van der Waals surface area contributed by atoms with Gasteiger partial charge in [0.15, 0.2) is 0 Å². The van der Waals surface area contributed by atoms with Gasteiger partial charge in [0.05, 0.1) is 18.8 Å². The minimum Gasteiger partial charge on any atom is -0.497 e. The van der Waals surface area contributed by atoms with Crippen LogP contribution < -0.4 is 16.0 Å². The zero-order valence-corrected chi connectivity index (χ0v) is 12.2. The predicted molar refractivity (Wildman–Crippen MR) is 80.5 cm³/mol. The highest BCUT2D eigenvalue weighted by Gasteiger charge is 2.18. The average molecular weight is 271 g/mol. The number of aryl methyl sites for hydroxylation is 2. The quantitative estimate of drug-likeness (QED) is 0.648. The molecule has 0 bridgehead atoms. The van der Waals surface area contributed by atoms with Crippen molar-refractivity contribution in [3.63, 3.8) is 0 Å². The minimum absolute atomic E-state index is 0.114. The van der Waals surface area contributed by atoms with Gasteiger partial charge in [0.25, 0.3) is 0 Å². The van der Waals surface area contributed by atoms with Crippen LogP contribution in [0.5, 0.6) is 5.75 Å². The van der Waals surface area contributed by atoms with Crippen molar-refractivity contribution in [3.05, 3.63) is 58.9 Å². The summed E-state index contributed by atoms with van der Waals surface area (Å²) in [7, 11) is 1.67. The molecule has 2 rings (SSSR count). The predicted octanol–water partition coefficient (Wildman–Crippen LogP) is 2.51. The number of nitrogens with zero attached hydrogens (tertiary/aromatic N) is 1. The summed E-state index contributed by atoms with van der Waals surface area (Å²) in [5.41, 5.74) is 7.30. The Kier molecular flexibility index (Phi) is 4.71. The first-order valence-electron chi connectivity index (χ1n) is 6.75. The van der Waals surface area contributed by atoms with Crippen molar-refractivity contribution in [2.45, 2.75) is 26.3 Å². The molecule has 1 aromatic carbocycles. The van der Waals surface area contributed by atoms with E-state index in [1.165, 1.54) is 5.56 Å². The fraction of sp³-hybridized carbons (Fsp3) is 0.312. The zero-order valence-electron chi connectivity index (χ0n) is 12.2. The summed E-state index contributed by atoms with van der Waals surface area (Å²) >= 11 is 0. The molecule has 20 heavy (non-hydrogen) atoms. The number of hydrazine groups is 1. The van der Waals surface area contributed by atoms with Gasteiger partial charge >= 0.3 is 0 Å². The fourth-order valence-corrected chi connectivity index (χ4v) is 2.42. The van der Waals surface area contributed by atoms with Crippen LogP contribution in [-0.2, 0) is 6.42 Å². The molecule has 0 saturated carbocycles. The molecule has 1 aromatic heterocycles. The van der Waals surface area contributed by atoms with Crippen LogP contribution in [0.25, 0.3) is 0 Å². The minimum atomic E-state index is -0.114. The third kappa shape index (κ3) is 2.81. The van der Waals surface area contributed by atoms with Gasteiger partial charge in [-0.05, 0) is 48.2 Å². The number of rotatable bonds is 5. The average Bonchev–Trinajstić information content (AvgIpc) is 2.50. The number of pyridine rings is 1. The maximum absolute atomic E-state index is 5.78. The van der Waals surface area contributed by atoms with Gasteiger partial charge in [-0.3, -0.25) is 10.8 Å². The SMILES string of the molecule is CCc1cccnc1C(NN)c1ccc(OC)cc1C. The Morgan fingerprint density at radius 1 is 1.35 bits per heavy atom. The number of benzene rings is 1. The van der Waals surface area contributed by atoms with Crippen molar-refractivity contribution < 1.29 is 4.74 Å². The second-order valence-electron chi connectivity index (χ2n) is 4.72. The molecule has 0 fully saturated rings. The highest BCUT2D eigenvalue weighted by molar-refractivity contribution is 5.41. The molecule has 3 N–H and O–H groups in total. The Hall–Kier alpha value is -1.91. The molecule has 4 heteroatoms. The lowest BCUT2D eigenvalue weighted by molar-refractivity contribution is 0.414. The highest BCUT2D eigenvalue weighted by Crippen LogP contribution is 2.27. The summed E-state index contributed by atoms with van der Waals surface area (Å²) in [6.45, 7) is 4.17. The van der Waals surface area contributed by atoms with Crippen molar-refractivity contribution in [1.29, 1.82) is 0 Å². The van der Waals surface area contributed by atoms with Crippen LogP contribution in [0.2, 0.25) is 0 Å². The van der Waals surface area contributed by atoms with Crippen molar-refractivity contribution in [2.75, 3.05) is 7.11 Å². The van der Waals surface area contributed by atoms with Gasteiger partial charge in [-0.1, -0.05) is 19.1 Å². The lowest BCUT2D eigenvalue weighted by atomic mass is 9.95. The first-order chi connectivity index (χ1) is 9.71. The third-order valence-corrected chi connectivity index (χ3v) is 3.54. The Morgan fingerprint density at radius 2 is 2.15 bits per heavy atom. The van der Waals surface area contributed by atoms with Crippen molar-refractivity contribution >= 4 is 0 Å². The molecule has 1 atom stereocenters. The van der Waals surface area contributed by atoms with E-state index in [1.807, 2.05) is 24.3 Å². The van der Waals surface area contributed by atoms with Crippen molar-refractivity contribution in [1.82, 2.24) is 10.4 Å². The molecular formula is C16H21N3O. The monoisotopic (exact) mass is 271 g/mol. The molecule has 1 unspecified atom stereocenters. The number of hydrogen-bond donors (Lipinski definition) is 2.